The molecular formula is C16H23N3O4. The molecule has 0 unspecified atom stereocenters. The highest BCUT2D eigenvalue weighted by molar-refractivity contribution is 5.72. The predicted molar refractivity (Wildman–Crippen MR) is 84.2 cm³/mol. The van der Waals surface area contributed by atoms with Crippen molar-refractivity contribution in [3.05, 3.63) is 30.3 Å². The van der Waals surface area contributed by atoms with Gasteiger partial charge in [-0.2, -0.15) is 0 Å². The number of morpholine rings is 1. The molecule has 1 saturated heterocycles. The molecular weight excluding hydrogens is 298 g/mol. The third kappa shape index (κ3) is 3.74. The maximum atomic E-state index is 11.3. The number of hydrogen-bond donors (Lipinski definition) is 3. The van der Waals surface area contributed by atoms with Crippen molar-refractivity contribution in [2.75, 3.05) is 26.3 Å². The van der Waals surface area contributed by atoms with E-state index in [0.29, 0.717) is 25.4 Å². The van der Waals surface area contributed by atoms with Crippen LogP contribution in [-0.4, -0.2) is 66.6 Å². The van der Waals surface area contributed by atoms with Crippen LogP contribution in [0.4, 0.5) is 4.79 Å². The number of aliphatic hydroxyl groups excluding tert-OH is 1. The van der Waals surface area contributed by atoms with E-state index in [9.17, 15) is 9.90 Å². The smallest absolute Gasteiger partial charge is 0.312 e. The maximum Gasteiger partial charge on any atom is 0.312 e. The third-order valence-corrected chi connectivity index (χ3v) is 4.45. The highest BCUT2D eigenvalue weighted by Gasteiger charge is 2.47. The Morgan fingerprint density at radius 2 is 2.00 bits per heavy atom. The maximum absolute atomic E-state index is 11.3. The standard InChI is InChI=1S/C16H23N3O4/c17-16(21)18-12-10-13(23-11-4-2-1-3-5-11)15(20)14(12)19-6-8-22-9-7-19/h1-5,12-15,20H,6-10H2,(H3,17,18,21)/t12-,13-,14+,15+/m1/s1. The number of rotatable bonds is 4. The summed E-state index contributed by atoms with van der Waals surface area (Å²) in [4.78, 5) is 13.4. The molecule has 2 amide bonds. The highest BCUT2D eigenvalue weighted by Crippen LogP contribution is 2.29. The van der Waals surface area contributed by atoms with Crippen LogP contribution in [0.5, 0.6) is 5.75 Å². The van der Waals surface area contributed by atoms with E-state index >= 15 is 0 Å². The van der Waals surface area contributed by atoms with Gasteiger partial charge in [0.2, 0.25) is 0 Å². The molecule has 1 saturated carbocycles. The van der Waals surface area contributed by atoms with E-state index in [1.165, 1.54) is 0 Å². The number of ether oxygens (including phenoxy) is 2. The fourth-order valence-electron chi connectivity index (χ4n) is 3.45. The van der Waals surface area contributed by atoms with Gasteiger partial charge in [0, 0.05) is 19.5 Å². The molecule has 1 aliphatic carbocycles. The van der Waals surface area contributed by atoms with E-state index in [1.807, 2.05) is 30.3 Å². The number of aliphatic hydroxyl groups is 1. The minimum atomic E-state index is -0.704. The zero-order valence-corrected chi connectivity index (χ0v) is 12.9. The van der Waals surface area contributed by atoms with Crippen LogP contribution >= 0.6 is 0 Å². The van der Waals surface area contributed by atoms with Gasteiger partial charge in [0.05, 0.1) is 25.3 Å². The molecule has 7 nitrogen and oxygen atoms in total. The molecule has 126 valence electrons. The summed E-state index contributed by atoms with van der Waals surface area (Å²) in [5.74, 6) is 0.706. The number of hydrogen-bond acceptors (Lipinski definition) is 5. The number of amides is 2. The number of urea groups is 1. The van der Waals surface area contributed by atoms with Crippen LogP contribution in [0.25, 0.3) is 0 Å². The van der Waals surface area contributed by atoms with Crippen LogP contribution in [0.2, 0.25) is 0 Å². The quantitative estimate of drug-likeness (QED) is 0.722. The molecule has 2 aliphatic rings. The van der Waals surface area contributed by atoms with Crippen LogP contribution < -0.4 is 15.8 Å². The summed E-state index contributed by atoms with van der Waals surface area (Å²) in [6.45, 7) is 2.68. The van der Waals surface area contributed by atoms with Crippen molar-refractivity contribution in [1.29, 1.82) is 0 Å². The lowest BCUT2D eigenvalue weighted by molar-refractivity contribution is -0.0347. The van der Waals surface area contributed by atoms with Crippen molar-refractivity contribution in [1.82, 2.24) is 10.2 Å². The van der Waals surface area contributed by atoms with Crippen molar-refractivity contribution in [2.24, 2.45) is 5.73 Å². The van der Waals surface area contributed by atoms with Gasteiger partial charge in [-0.3, -0.25) is 4.90 Å². The van der Waals surface area contributed by atoms with E-state index in [-0.39, 0.29) is 18.2 Å². The number of carbonyl (C=O) groups excluding carboxylic acids is 1. The normalized spacial score (nSPS) is 31.7. The first-order chi connectivity index (χ1) is 11.1. The summed E-state index contributed by atoms with van der Waals surface area (Å²) in [7, 11) is 0. The van der Waals surface area contributed by atoms with Crippen LogP contribution in [-0.2, 0) is 4.74 Å². The second kappa shape index (κ2) is 7.16. The Morgan fingerprint density at radius 1 is 1.30 bits per heavy atom. The van der Waals surface area contributed by atoms with Gasteiger partial charge in [0.25, 0.3) is 0 Å². The van der Waals surface area contributed by atoms with Crippen LogP contribution in [0.1, 0.15) is 6.42 Å². The Bertz CT molecular complexity index is 521. The van der Waals surface area contributed by atoms with E-state index < -0.39 is 12.1 Å². The minimum Gasteiger partial charge on any atom is -0.488 e. The molecule has 4 atom stereocenters. The minimum absolute atomic E-state index is 0.222. The number of nitrogens with one attached hydrogen (secondary N) is 1. The Balaban J connectivity index is 1.73. The largest absolute Gasteiger partial charge is 0.488 e. The summed E-state index contributed by atoms with van der Waals surface area (Å²) in [5.41, 5.74) is 5.29. The zero-order chi connectivity index (χ0) is 16.2. The zero-order valence-electron chi connectivity index (χ0n) is 12.9. The number of carbonyl (C=O) groups is 1. The average Bonchev–Trinajstić information content (AvgIpc) is 2.84. The molecule has 0 radical (unpaired) electrons. The molecule has 4 N–H and O–H groups in total. The van der Waals surface area contributed by atoms with Gasteiger partial charge in [0.1, 0.15) is 18.0 Å². The second-order valence-corrected chi connectivity index (χ2v) is 5.95. The molecule has 0 aromatic heterocycles. The van der Waals surface area contributed by atoms with Crippen molar-refractivity contribution in [3.63, 3.8) is 0 Å². The van der Waals surface area contributed by atoms with Gasteiger partial charge in [-0.25, -0.2) is 4.79 Å². The monoisotopic (exact) mass is 321 g/mol. The third-order valence-electron chi connectivity index (χ3n) is 4.45. The summed E-state index contributed by atoms with van der Waals surface area (Å²) >= 11 is 0. The number of nitrogens with two attached hydrogens (primary N) is 1. The Hall–Kier alpha value is -1.83. The lowest BCUT2D eigenvalue weighted by Gasteiger charge is -2.37. The molecule has 0 bridgehead atoms. The van der Waals surface area contributed by atoms with Gasteiger partial charge < -0.3 is 25.6 Å². The molecule has 3 rings (SSSR count). The van der Waals surface area contributed by atoms with E-state index in [0.717, 1.165) is 13.1 Å². The Labute approximate surface area is 135 Å². The summed E-state index contributed by atoms with van der Waals surface area (Å²) in [6.07, 6.45) is -0.576. The highest BCUT2D eigenvalue weighted by atomic mass is 16.5. The molecule has 0 spiro atoms. The van der Waals surface area contributed by atoms with Gasteiger partial charge in [-0.1, -0.05) is 18.2 Å². The van der Waals surface area contributed by atoms with Gasteiger partial charge >= 0.3 is 6.03 Å². The summed E-state index contributed by atoms with van der Waals surface area (Å²) in [6, 6.07) is 8.34. The van der Waals surface area contributed by atoms with Crippen molar-refractivity contribution < 1.29 is 19.4 Å². The van der Waals surface area contributed by atoms with Crippen LogP contribution in [0, 0.1) is 0 Å². The fraction of sp³-hybridized carbons (Fsp3) is 0.562. The molecule has 1 heterocycles. The van der Waals surface area contributed by atoms with Crippen LogP contribution in [0.3, 0.4) is 0 Å². The number of benzene rings is 1. The summed E-state index contributed by atoms with van der Waals surface area (Å²) in [5, 5.41) is 13.5. The first-order valence-electron chi connectivity index (χ1n) is 7.92. The Morgan fingerprint density at radius 3 is 2.65 bits per heavy atom. The number of nitrogens with zero attached hydrogens (tertiary/aromatic N) is 1. The van der Waals surface area contributed by atoms with Gasteiger partial charge in [-0.05, 0) is 12.1 Å². The first kappa shape index (κ1) is 16.0. The lowest BCUT2D eigenvalue weighted by Crippen LogP contribution is -2.57. The van der Waals surface area contributed by atoms with E-state index in [2.05, 4.69) is 10.2 Å². The van der Waals surface area contributed by atoms with Gasteiger partial charge in [-0.15, -0.1) is 0 Å². The fourth-order valence-corrected chi connectivity index (χ4v) is 3.45. The lowest BCUT2D eigenvalue weighted by atomic mass is 10.1. The predicted octanol–water partition coefficient (Wildman–Crippen LogP) is -0.0637. The second-order valence-electron chi connectivity index (χ2n) is 5.95. The molecule has 2 fully saturated rings. The van der Waals surface area contributed by atoms with E-state index in [4.69, 9.17) is 15.2 Å². The molecule has 1 aromatic rings. The van der Waals surface area contributed by atoms with Gasteiger partial charge in [0.15, 0.2) is 0 Å². The average molecular weight is 321 g/mol. The number of primary amides is 1. The SMILES string of the molecule is NC(=O)N[C@@H]1C[C@@H](Oc2ccccc2)[C@H](O)[C@H]1N1CCOCC1. The van der Waals surface area contributed by atoms with E-state index in [1.54, 1.807) is 0 Å². The molecule has 1 aromatic carbocycles. The van der Waals surface area contributed by atoms with Crippen molar-refractivity contribution >= 4 is 6.03 Å². The molecule has 1 aliphatic heterocycles. The van der Waals surface area contributed by atoms with Crippen molar-refractivity contribution in [3.8, 4) is 5.75 Å². The first-order valence-corrected chi connectivity index (χ1v) is 7.92. The Kier molecular flexibility index (Phi) is 5.00. The topological polar surface area (TPSA) is 97.1 Å². The number of para-hydroxylation sites is 1. The van der Waals surface area contributed by atoms with Crippen LogP contribution in [0.15, 0.2) is 30.3 Å². The molecule has 7 heteroatoms. The van der Waals surface area contributed by atoms with Crippen molar-refractivity contribution in [2.45, 2.75) is 30.7 Å². The summed E-state index contributed by atoms with van der Waals surface area (Å²) < 4.78 is 11.3. The molecule has 23 heavy (non-hydrogen) atoms.